The molecule has 0 saturated heterocycles. The Hall–Kier alpha value is -2.24. The van der Waals surface area contributed by atoms with Crippen molar-refractivity contribution in [3.8, 4) is 5.75 Å². The number of carbonyl (C=O) groups excluding carboxylic acids is 1. The van der Waals surface area contributed by atoms with Gasteiger partial charge in [-0.3, -0.25) is 4.79 Å². The summed E-state index contributed by atoms with van der Waals surface area (Å²) in [6.45, 7) is 0. The lowest BCUT2D eigenvalue weighted by Crippen LogP contribution is -2.12. The molecule has 0 fully saturated rings. The summed E-state index contributed by atoms with van der Waals surface area (Å²) in [7, 11) is 0. The van der Waals surface area contributed by atoms with Crippen LogP contribution in [0.5, 0.6) is 5.75 Å². The van der Waals surface area contributed by atoms with Crippen molar-refractivity contribution in [2.24, 2.45) is 0 Å². The topological polar surface area (TPSA) is 86.6 Å². The fourth-order valence-electron chi connectivity index (χ4n) is 1.64. The minimum atomic E-state index is -1.15. The Bertz CT molecular complexity index is 731. The fourth-order valence-corrected chi connectivity index (χ4v) is 2.05. The Kier molecular flexibility index (Phi) is 4.35. The number of aromatic hydroxyl groups is 1. The molecule has 0 aliphatic carbocycles. The van der Waals surface area contributed by atoms with E-state index < -0.39 is 11.9 Å². The van der Waals surface area contributed by atoms with E-state index in [-0.39, 0.29) is 32.6 Å². The number of hydrogen-bond acceptors (Lipinski definition) is 3. The van der Waals surface area contributed by atoms with Crippen molar-refractivity contribution < 1.29 is 19.8 Å². The highest BCUT2D eigenvalue weighted by Crippen LogP contribution is 2.25. The minimum absolute atomic E-state index is 0.0402. The van der Waals surface area contributed by atoms with Gasteiger partial charge in [-0.1, -0.05) is 23.2 Å². The van der Waals surface area contributed by atoms with Crippen molar-refractivity contribution in [3.63, 3.8) is 0 Å². The van der Waals surface area contributed by atoms with Crippen molar-refractivity contribution >= 4 is 40.8 Å². The van der Waals surface area contributed by atoms with Crippen LogP contribution in [-0.4, -0.2) is 22.1 Å². The minimum Gasteiger partial charge on any atom is -0.506 e. The molecular formula is C14H9Cl2NO4. The summed E-state index contributed by atoms with van der Waals surface area (Å²) in [6.07, 6.45) is 0. The van der Waals surface area contributed by atoms with E-state index in [0.717, 1.165) is 0 Å². The van der Waals surface area contributed by atoms with Crippen LogP contribution >= 0.6 is 23.2 Å². The molecule has 2 aromatic rings. The lowest BCUT2D eigenvalue weighted by atomic mass is 10.1. The lowest BCUT2D eigenvalue weighted by Gasteiger charge is -2.08. The number of carboxylic acid groups (broad SMARTS) is 1. The molecule has 0 spiro atoms. The second kappa shape index (κ2) is 6.03. The molecule has 5 nitrogen and oxygen atoms in total. The van der Waals surface area contributed by atoms with Crippen LogP contribution < -0.4 is 5.32 Å². The molecule has 0 aliphatic rings. The number of carbonyl (C=O) groups is 2. The zero-order valence-electron chi connectivity index (χ0n) is 10.4. The largest absolute Gasteiger partial charge is 0.506 e. The Balaban J connectivity index is 2.27. The average molecular weight is 326 g/mol. The molecular weight excluding hydrogens is 317 g/mol. The standard InChI is InChI=1S/C14H9Cl2NO4/c15-9-3-8(14(20)21)4-10(6-9)17-13(19)7-1-2-12(18)11(16)5-7/h1-6,18H,(H,17,19)(H,20,21). The number of rotatable bonds is 3. The molecule has 0 aromatic heterocycles. The van der Waals surface area contributed by atoms with E-state index in [1.165, 1.54) is 36.4 Å². The Morgan fingerprint density at radius 2 is 1.71 bits per heavy atom. The molecule has 0 heterocycles. The average Bonchev–Trinajstić information content (AvgIpc) is 2.41. The maximum Gasteiger partial charge on any atom is 0.335 e. The second-order valence-electron chi connectivity index (χ2n) is 4.15. The van der Waals surface area contributed by atoms with Gasteiger partial charge in [0.25, 0.3) is 5.91 Å². The molecule has 2 rings (SSSR count). The third kappa shape index (κ3) is 3.65. The van der Waals surface area contributed by atoms with E-state index >= 15 is 0 Å². The van der Waals surface area contributed by atoms with Gasteiger partial charge in [-0.15, -0.1) is 0 Å². The van der Waals surface area contributed by atoms with Crippen LogP contribution in [0.2, 0.25) is 10.0 Å². The second-order valence-corrected chi connectivity index (χ2v) is 5.00. The van der Waals surface area contributed by atoms with Crippen LogP contribution in [0.1, 0.15) is 20.7 Å². The number of phenolic OH excluding ortho intramolecular Hbond substituents is 1. The number of benzene rings is 2. The summed E-state index contributed by atoms with van der Waals surface area (Å²) in [4.78, 5) is 23.0. The Labute approximate surface area is 129 Å². The number of phenols is 1. The number of aromatic carboxylic acids is 1. The zero-order valence-corrected chi connectivity index (χ0v) is 11.9. The molecule has 2 aromatic carbocycles. The Morgan fingerprint density at radius 1 is 1.00 bits per heavy atom. The van der Waals surface area contributed by atoms with Crippen LogP contribution in [0.25, 0.3) is 0 Å². The van der Waals surface area contributed by atoms with Gasteiger partial charge in [0.05, 0.1) is 10.6 Å². The van der Waals surface area contributed by atoms with Crippen LogP contribution in [0.15, 0.2) is 36.4 Å². The predicted octanol–water partition coefficient (Wildman–Crippen LogP) is 3.65. The normalized spacial score (nSPS) is 10.2. The van der Waals surface area contributed by atoms with Gasteiger partial charge < -0.3 is 15.5 Å². The molecule has 0 bridgehead atoms. The van der Waals surface area contributed by atoms with Crippen LogP contribution in [0, 0.1) is 0 Å². The summed E-state index contributed by atoms with van der Waals surface area (Å²) < 4.78 is 0. The highest BCUT2D eigenvalue weighted by atomic mass is 35.5. The summed E-state index contributed by atoms with van der Waals surface area (Å²) in [5.74, 6) is -1.79. The molecule has 0 aliphatic heterocycles. The van der Waals surface area contributed by atoms with Crippen molar-refractivity contribution in [1.29, 1.82) is 0 Å². The van der Waals surface area contributed by atoms with Gasteiger partial charge in [0.1, 0.15) is 5.75 Å². The van der Waals surface area contributed by atoms with Gasteiger partial charge in [-0.25, -0.2) is 4.79 Å². The first-order valence-electron chi connectivity index (χ1n) is 5.70. The molecule has 3 N–H and O–H groups in total. The van der Waals surface area contributed by atoms with E-state index in [4.69, 9.17) is 28.3 Å². The summed E-state index contributed by atoms with van der Waals surface area (Å²) >= 11 is 11.5. The number of hydrogen-bond donors (Lipinski definition) is 3. The van der Waals surface area contributed by atoms with Crippen molar-refractivity contribution in [2.75, 3.05) is 5.32 Å². The van der Waals surface area contributed by atoms with E-state index in [1.807, 2.05) is 0 Å². The van der Waals surface area contributed by atoms with Gasteiger partial charge in [0.2, 0.25) is 0 Å². The fraction of sp³-hybridized carbons (Fsp3) is 0. The first kappa shape index (κ1) is 15.2. The van der Waals surface area contributed by atoms with Gasteiger partial charge in [-0.05, 0) is 36.4 Å². The van der Waals surface area contributed by atoms with Crippen LogP contribution in [0.4, 0.5) is 5.69 Å². The summed E-state index contributed by atoms with van der Waals surface area (Å²) in [6, 6.07) is 7.96. The maximum absolute atomic E-state index is 12.0. The molecule has 1 amide bonds. The molecule has 0 saturated carbocycles. The molecule has 0 atom stereocenters. The lowest BCUT2D eigenvalue weighted by molar-refractivity contribution is 0.0696. The molecule has 21 heavy (non-hydrogen) atoms. The predicted molar refractivity (Wildman–Crippen MR) is 79.5 cm³/mol. The van der Waals surface area contributed by atoms with Gasteiger partial charge >= 0.3 is 5.97 Å². The summed E-state index contributed by atoms with van der Waals surface area (Å²) in [5.41, 5.74) is 0.422. The highest BCUT2D eigenvalue weighted by molar-refractivity contribution is 6.32. The third-order valence-electron chi connectivity index (χ3n) is 2.61. The van der Waals surface area contributed by atoms with Gasteiger partial charge in [0, 0.05) is 16.3 Å². The first-order valence-corrected chi connectivity index (χ1v) is 6.46. The van der Waals surface area contributed by atoms with E-state index in [1.54, 1.807) is 0 Å². The first-order chi connectivity index (χ1) is 9.86. The van der Waals surface area contributed by atoms with Gasteiger partial charge in [0.15, 0.2) is 0 Å². The molecule has 0 unspecified atom stereocenters. The smallest absolute Gasteiger partial charge is 0.335 e. The molecule has 0 radical (unpaired) electrons. The summed E-state index contributed by atoms with van der Waals surface area (Å²) in [5, 5.41) is 21.0. The third-order valence-corrected chi connectivity index (χ3v) is 3.13. The van der Waals surface area contributed by atoms with E-state index in [2.05, 4.69) is 5.32 Å². The van der Waals surface area contributed by atoms with Crippen LogP contribution in [-0.2, 0) is 0 Å². The number of halogens is 2. The maximum atomic E-state index is 12.0. The molecule has 108 valence electrons. The van der Waals surface area contributed by atoms with Gasteiger partial charge in [-0.2, -0.15) is 0 Å². The molecule has 7 heteroatoms. The number of amides is 1. The number of anilines is 1. The van der Waals surface area contributed by atoms with Crippen molar-refractivity contribution in [1.82, 2.24) is 0 Å². The quantitative estimate of drug-likeness (QED) is 0.803. The number of nitrogens with one attached hydrogen (secondary N) is 1. The monoisotopic (exact) mass is 325 g/mol. The van der Waals surface area contributed by atoms with E-state index in [9.17, 15) is 14.7 Å². The van der Waals surface area contributed by atoms with Crippen molar-refractivity contribution in [3.05, 3.63) is 57.6 Å². The highest BCUT2D eigenvalue weighted by Gasteiger charge is 2.11. The van der Waals surface area contributed by atoms with Crippen molar-refractivity contribution in [2.45, 2.75) is 0 Å². The Morgan fingerprint density at radius 3 is 2.33 bits per heavy atom. The SMILES string of the molecule is O=C(O)c1cc(Cl)cc(NC(=O)c2ccc(O)c(Cl)c2)c1. The number of carboxylic acids is 1. The zero-order chi connectivity index (χ0) is 15.6. The van der Waals surface area contributed by atoms with E-state index in [0.29, 0.717) is 0 Å². The van der Waals surface area contributed by atoms with Crippen LogP contribution in [0.3, 0.4) is 0 Å².